The second-order valence-electron chi connectivity index (χ2n) is 7.43. The summed E-state index contributed by atoms with van der Waals surface area (Å²) < 4.78 is 0. The fourth-order valence-electron chi connectivity index (χ4n) is 4.54. The third kappa shape index (κ3) is 2.43. The van der Waals surface area contributed by atoms with Crippen LogP contribution in [0.5, 0.6) is 0 Å². The van der Waals surface area contributed by atoms with Crippen LogP contribution < -0.4 is 5.32 Å². The van der Waals surface area contributed by atoms with E-state index in [-0.39, 0.29) is 24.5 Å². The van der Waals surface area contributed by atoms with Crippen LogP contribution >= 0.6 is 0 Å². The summed E-state index contributed by atoms with van der Waals surface area (Å²) in [6, 6.07) is 6.73. The van der Waals surface area contributed by atoms with Gasteiger partial charge in [0.1, 0.15) is 0 Å². The second kappa shape index (κ2) is 5.90. The molecule has 3 N–H and O–H groups in total. The zero-order valence-electron chi connectivity index (χ0n) is 14.2. The Balaban J connectivity index is 1.65. The smallest absolute Gasteiger partial charge is 0.224 e. The molecule has 5 nitrogen and oxygen atoms in total. The van der Waals surface area contributed by atoms with E-state index < -0.39 is 0 Å². The lowest BCUT2D eigenvalue weighted by atomic mass is 9.72. The molecule has 0 radical (unpaired) electrons. The minimum absolute atomic E-state index is 0.0215. The summed E-state index contributed by atoms with van der Waals surface area (Å²) in [6.45, 7) is 2.59. The molecule has 1 fully saturated rings. The van der Waals surface area contributed by atoms with E-state index in [9.17, 15) is 9.90 Å². The van der Waals surface area contributed by atoms with Gasteiger partial charge in [-0.25, -0.2) is 0 Å². The molecule has 0 saturated carbocycles. The molecule has 24 heavy (non-hydrogen) atoms. The van der Waals surface area contributed by atoms with Crippen molar-refractivity contribution in [3.05, 3.63) is 35.5 Å². The summed E-state index contributed by atoms with van der Waals surface area (Å²) in [5, 5.41) is 13.5. The molecule has 1 saturated heterocycles. The molecule has 1 amide bonds. The van der Waals surface area contributed by atoms with Gasteiger partial charge in [-0.15, -0.1) is 0 Å². The van der Waals surface area contributed by atoms with Crippen molar-refractivity contribution < 1.29 is 9.90 Å². The molecule has 1 aromatic heterocycles. The number of amides is 1. The highest BCUT2D eigenvalue weighted by Gasteiger charge is 2.41. The summed E-state index contributed by atoms with van der Waals surface area (Å²) in [7, 11) is 2.13. The number of carbonyl (C=O) groups excluding carboxylic acids is 1. The van der Waals surface area contributed by atoms with E-state index in [4.69, 9.17) is 0 Å². The maximum absolute atomic E-state index is 12.6. The number of aromatic nitrogens is 1. The van der Waals surface area contributed by atoms with Crippen molar-refractivity contribution in [3.8, 4) is 0 Å². The number of likely N-dealkylation sites (N-methyl/N-ethyl adjacent to an activating group) is 1. The average molecular weight is 327 g/mol. The third-order valence-corrected chi connectivity index (χ3v) is 5.76. The number of H-pyrrole nitrogens is 1. The van der Waals surface area contributed by atoms with Gasteiger partial charge in [-0.05, 0) is 44.0 Å². The number of nitrogens with zero attached hydrogens (tertiary/aromatic N) is 1. The van der Waals surface area contributed by atoms with Gasteiger partial charge in [-0.2, -0.15) is 0 Å². The summed E-state index contributed by atoms with van der Waals surface area (Å²) >= 11 is 0. The number of carbonyl (C=O) groups is 1. The number of piperidine rings is 1. The molecule has 0 spiro atoms. The fraction of sp³-hybridized carbons (Fsp3) is 0.526. The Morgan fingerprint density at radius 3 is 3.12 bits per heavy atom. The van der Waals surface area contributed by atoms with Gasteiger partial charge in [0.25, 0.3) is 0 Å². The topological polar surface area (TPSA) is 68.4 Å². The van der Waals surface area contributed by atoms with Crippen LogP contribution in [0.25, 0.3) is 10.9 Å². The number of aliphatic hydroxyl groups excluding tert-OH is 1. The minimum atomic E-state index is -0.188. The van der Waals surface area contributed by atoms with Gasteiger partial charge in [0.2, 0.25) is 5.91 Å². The molecule has 1 aliphatic carbocycles. The molecule has 2 heterocycles. The number of rotatable bonds is 3. The molecule has 4 rings (SSSR count). The lowest BCUT2D eigenvalue weighted by Crippen LogP contribution is -2.52. The van der Waals surface area contributed by atoms with Crippen LogP contribution in [0.1, 0.15) is 30.4 Å². The average Bonchev–Trinajstić information content (AvgIpc) is 3.00. The molecule has 2 aliphatic rings. The largest absolute Gasteiger partial charge is 0.394 e. The van der Waals surface area contributed by atoms with Crippen LogP contribution in [0.3, 0.4) is 0 Å². The standard InChI is InChI=1S/C19H25N3O2/c1-11(10-23)21-19(24)13-6-15-14-4-3-5-16-18(14)12(8-20-16)7-17(15)22(2)9-13/h3-5,8,11,13,15,17,20,23H,6-7,9-10H2,1-2H3,(H,21,24). The van der Waals surface area contributed by atoms with E-state index in [2.05, 4.69) is 46.6 Å². The first-order valence-corrected chi connectivity index (χ1v) is 8.78. The monoisotopic (exact) mass is 327 g/mol. The highest BCUT2D eigenvalue weighted by atomic mass is 16.3. The van der Waals surface area contributed by atoms with Gasteiger partial charge in [-0.3, -0.25) is 4.79 Å². The van der Waals surface area contributed by atoms with E-state index in [0.29, 0.717) is 12.0 Å². The molecule has 1 aliphatic heterocycles. The SMILES string of the molecule is CC(CO)NC(=O)C1CC2c3cccc4[nH]cc(c34)CC2N(C)C1. The Kier molecular flexibility index (Phi) is 3.85. The van der Waals surface area contributed by atoms with Gasteiger partial charge in [0.05, 0.1) is 12.5 Å². The van der Waals surface area contributed by atoms with Gasteiger partial charge >= 0.3 is 0 Å². The number of fused-ring (bicyclic) bond motifs is 2. The molecular weight excluding hydrogens is 302 g/mol. The van der Waals surface area contributed by atoms with Gasteiger partial charge < -0.3 is 20.3 Å². The van der Waals surface area contributed by atoms with Crippen molar-refractivity contribution in [3.63, 3.8) is 0 Å². The molecular formula is C19H25N3O2. The number of nitrogens with one attached hydrogen (secondary N) is 2. The first-order valence-electron chi connectivity index (χ1n) is 8.78. The van der Waals surface area contributed by atoms with E-state index in [1.54, 1.807) is 0 Å². The lowest BCUT2D eigenvalue weighted by Gasteiger charge is -2.45. The van der Waals surface area contributed by atoms with E-state index in [1.165, 1.54) is 22.0 Å². The maximum atomic E-state index is 12.6. The fourth-order valence-corrected chi connectivity index (χ4v) is 4.54. The van der Waals surface area contributed by atoms with Crippen molar-refractivity contribution >= 4 is 16.8 Å². The Hall–Kier alpha value is -1.85. The van der Waals surface area contributed by atoms with Crippen molar-refractivity contribution in [1.82, 2.24) is 15.2 Å². The quantitative estimate of drug-likeness (QED) is 0.802. The Morgan fingerprint density at radius 1 is 1.50 bits per heavy atom. The van der Waals surface area contributed by atoms with Crippen LogP contribution in [0.15, 0.2) is 24.4 Å². The zero-order valence-corrected chi connectivity index (χ0v) is 14.2. The highest BCUT2D eigenvalue weighted by Crippen LogP contribution is 2.44. The highest BCUT2D eigenvalue weighted by molar-refractivity contribution is 5.88. The number of aromatic amines is 1. The summed E-state index contributed by atoms with van der Waals surface area (Å²) in [5.74, 6) is 0.422. The van der Waals surface area contributed by atoms with Crippen molar-refractivity contribution in [2.24, 2.45) is 5.92 Å². The first-order chi connectivity index (χ1) is 11.6. The van der Waals surface area contributed by atoms with E-state index >= 15 is 0 Å². The Bertz CT molecular complexity index is 769. The molecule has 4 atom stereocenters. The van der Waals surface area contributed by atoms with Gasteiger partial charge in [0, 0.05) is 41.6 Å². The summed E-state index contributed by atoms with van der Waals surface area (Å²) in [4.78, 5) is 18.3. The van der Waals surface area contributed by atoms with Crippen LogP contribution in [-0.2, 0) is 11.2 Å². The summed E-state index contributed by atoms with van der Waals surface area (Å²) in [5.41, 5.74) is 3.97. The third-order valence-electron chi connectivity index (χ3n) is 5.76. The van der Waals surface area contributed by atoms with Crippen molar-refractivity contribution in [2.75, 3.05) is 20.2 Å². The number of likely N-dealkylation sites (tertiary alicyclic amines) is 1. The van der Waals surface area contributed by atoms with E-state index in [1.807, 2.05) is 6.92 Å². The zero-order chi connectivity index (χ0) is 16.8. The predicted molar refractivity (Wildman–Crippen MR) is 94.0 cm³/mol. The molecule has 2 aromatic rings. The van der Waals surface area contributed by atoms with E-state index in [0.717, 1.165) is 19.4 Å². The normalized spacial score (nSPS) is 27.7. The molecule has 128 valence electrons. The molecule has 5 heteroatoms. The molecule has 4 unspecified atom stereocenters. The lowest BCUT2D eigenvalue weighted by molar-refractivity contribution is -0.128. The summed E-state index contributed by atoms with van der Waals surface area (Å²) in [6.07, 6.45) is 4.06. The van der Waals surface area contributed by atoms with Crippen LogP contribution in [0.2, 0.25) is 0 Å². The number of hydrogen-bond donors (Lipinski definition) is 3. The van der Waals surface area contributed by atoms with Crippen LogP contribution in [-0.4, -0.2) is 53.2 Å². The van der Waals surface area contributed by atoms with Crippen LogP contribution in [0.4, 0.5) is 0 Å². The number of hydrogen-bond acceptors (Lipinski definition) is 3. The van der Waals surface area contributed by atoms with Gasteiger partial charge in [0.15, 0.2) is 0 Å². The molecule has 0 bridgehead atoms. The predicted octanol–water partition coefficient (Wildman–Crippen LogP) is 1.62. The minimum Gasteiger partial charge on any atom is -0.394 e. The maximum Gasteiger partial charge on any atom is 0.224 e. The Morgan fingerprint density at radius 2 is 2.33 bits per heavy atom. The van der Waals surface area contributed by atoms with Crippen LogP contribution in [0, 0.1) is 5.92 Å². The molecule has 1 aromatic carbocycles. The first kappa shape index (κ1) is 15.7. The number of aliphatic hydroxyl groups is 1. The number of benzene rings is 1. The Labute approximate surface area is 142 Å². The second-order valence-corrected chi connectivity index (χ2v) is 7.43. The van der Waals surface area contributed by atoms with Crippen molar-refractivity contribution in [1.29, 1.82) is 0 Å². The van der Waals surface area contributed by atoms with Gasteiger partial charge in [-0.1, -0.05) is 12.1 Å². The van der Waals surface area contributed by atoms with Crippen molar-refractivity contribution in [2.45, 2.75) is 37.8 Å².